The number of hydrogen-bond donors (Lipinski definition) is 13. The Hall–Kier alpha value is 0.726. The minimum absolute atomic E-state index is 0. The first-order chi connectivity index (χ1) is 15.4. The molecule has 0 saturated heterocycles. The summed E-state index contributed by atoms with van der Waals surface area (Å²) < 4.78 is 221. The summed E-state index contributed by atoms with van der Waals surface area (Å²) in [5.74, 6) is 0. The minimum atomic E-state index is -4.67. The molecule has 0 radical (unpaired) electrons. The average Bonchev–Trinajstić information content (AvgIpc) is 2.19. The molecular formula is C3H21KO28S7. The van der Waals surface area contributed by atoms with Crippen LogP contribution in [0, 0.1) is 0 Å². The van der Waals surface area contributed by atoms with Crippen LogP contribution in [0.3, 0.4) is 0 Å². The predicted molar refractivity (Wildman–Crippen MR) is 120 cm³/mol. The second-order valence-electron chi connectivity index (χ2n) is 4.26. The molecule has 0 spiro atoms. The SMILES string of the molecule is CC(C)OS(=O)(=O)O.O=S(=O)(O)O.O=S(=O)(O)O.O=S(=O)(O)O.O=S(=O)(O)O.O=S(=O)(O)O.O=S(=O)(O)O.[KH]. The molecule has 0 rings (SSSR count). The fourth-order valence-electron chi connectivity index (χ4n) is 0.243. The summed E-state index contributed by atoms with van der Waals surface area (Å²) in [6.07, 6.45) is -0.495. The molecule has 28 nitrogen and oxygen atoms in total. The van der Waals surface area contributed by atoms with E-state index in [0.717, 1.165) is 0 Å². The van der Waals surface area contributed by atoms with Crippen molar-refractivity contribution < 1.29 is 122 Å². The second kappa shape index (κ2) is 25.2. The molecule has 0 saturated carbocycles. The van der Waals surface area contributed by atoms with Gasteiger partial charge in [-0.05, 0) is 13.8 Å². The van der Waals surface area contributed by atoms with Gasteiger partial charge in [0, 0.05) is 0 Å². The van der Waals surface area contributed by atoms with Gasteiger partial charge in [-0.3, -0.25) is 59.2 Å². The zero-order valence-corrected chi connectivity index (χ0v) is 23.1. The molecule has 0 aromatic carbocycles. The molecule has 0 aliphatic rings. The first kappa shape index (κ1) is 59.2. The molecule has 13 N–H and O–H groups in total. The Labute approximate surface area is 263 Å². The summed E-state index contributed by atoms with van der Waals surface area (Å²) in [5, 5.41) is 0. The van der Waals surface area contributed by atoms with Crippen molar-refractivity contribution in [3.05, 3.63) is 0 Å². The average molecular weight is 769 g/mol. The van der Waals surface area contributed by atoms with Gasteiger partial charge >= 0.3 is 124 Å². The molecule has 0 amide bonds. The van der Waals surface area contributed by atoms with Crippen molar-refractivity contribution in [3.63, 3.8) is 0 Å². The van der Waals surface area contributed by atoms with Crippen LogP contribution in [0.4, 0.5) is 0 Å². The van der Waals surface area contributed by atoms with Crippen LogP contribution in [0.25, 0.3) is 0 Å². The van der Waals surface area contributed by atoms with Crippen LogP contribution in [0.2, 0.25) is 0 Å². The van der Waals surface area contributed by atoms with Crippen LogP contribution in [0.5, 0.6) is 0 Å². The van der Waals surface area contributed by atoms with Crippen LogP contribution in [0.1, 0.15) is 13.8 Å². The van der Waals surface area contributed by atoms with Crippen molar-refractivity contribution >= 4 is 124 Å². The third kappa shape index (κ3) is 1590. The molecule has 0 heterocycles. The Morgan fingerprint density at radius 2 is 0.436 bits per heavy atom. The molecule has 39 heavy (non-hydrogen) atoms. The van der Waals surface area contributed by atoms with Gasteiger partial charge in [0.15, 0.2) is 0 Å². The third-order valence-corrected chi connectivity index (χ3v) is 0.942. The van der Waals surface area contributed by atoms with Gasteiger partial charge in [-0.2, -0.15) is 58.9 Å². The van der Waals surface area contributed by atoms with Gasteiger partial charge < -0.3 is 0 Å². The van der Waals surface area contributed by atoms with E-state index in [1.165, 1.54) is 13.8 Å². The summed E-state index contributed by atoms with van der Waals surface area (Å²) in [6, 6.07) is 0. The van der Waals surface area contributed by atoms with Crippen LogP contribution >= 0.6 is 0 Å². The van der Waals surface area contributed by atoms with Crippen molar-refractivity contribution in [1.29, 1.82) is 0 Å². The first-order valence-corrected chi connectivity index (χ1v) is 16.0. The molecule has 0 unspecified atom stereocenters. The molecule has 0 bridgehead atoms. The van der Waals surface area contributed by atoms with Crippen molar-refractivity contribution in [2.45, 2.75) is 20.0 Å². The molecule has 0 aromatic heterocycles. The van der Waals surface area contributed by atoms with Gasteiger partial charge in [0.25, 0.3) is 0 Å². The van der Waals surface area contributed by atoms with Crippen LogP contribution < -0.4 is 0 Å². The quantitative estimate of drug-likeness (QED) is 0.0932. The Balaban J connectivity index is -0.0000000481. The third-order valence-electron chi connectivity index (χ3n) is 0.314. The number of hydrogen-bond acceptors (Lipinski definition) is 15. The summed E-state index contributed by atoms with van der Waals surface area (Å²) in [5.41, 5.74) is 0. The van der Waals surface area contributed by atoms with E-state index in [9.17, 15) is 8.42 Å². The zero-order chi connectivity index (χ0) is 33.8. The van der Waals surface area contributed by atoms with Crippen molar-refractivity contribution in [2.24, 2.45) is 0 Å². The molecule has 0 aliphatic heterocycles. The summed E-state index contributed by atoms with van der Waals surface area (Å²) >= 11 is 0. The summed E-state index contributed by atoms with van der Waals surface area (Å²) in [7, 11) is -32.2. The van der Waals surface area contributed by atoms with Gasteiger partial charge in [0.2, 0.25) is 0 Å². The maximum atomic E-state index is 9.78. The van der Waals surface area contributed by atoms with E-state index in [0.29, 0.717) is 0 Å². The van der Waals surface area contributed by atoms with E-state index >= 15 is 0 Å². The Morgan fingerprint density at radius 1 is 0.359 bits per heavy atom. The van der Waals surface area contributed by atoms with Gasteiger partial charge in [-0.15, -0.1) is 0 Å². The van der Waals surface area contributed by atoms with Crippen molar-refractivity contribution in [1.82, 2.24) is 0 Å². The van der Waals surface area contributed by atoms with Crippen molar-refractivity contribution in [2.75, 3.05) is 0 Å². The summed E-state index contributed by atoms with van der Waals surface area (Å²) in [6.45, 7) is 3.02. The molecular weight excluding hydrogens is 748 g/mol. The zero-order valence-electron chi connectivity index (χ0n) is 17.4. The predicted octanol–water partition coefficient (Wildman–Crippen LogP) is -4.35. The Morgan fingerprint density at radius 3 is 0.436 bits per heavy atom. The van der Waals surface area contributed by atoms with E-state index in [1.54, 1.807) is 0 Å². The number of rotatable bonds is 2. The van der Waals surface area contributed by atoms with E-state index in [2.05, 4.69) is 4.18 Å². The molecule has 0 aliphatic carbocycles. The van der Waals surface area contributed by atoms with Gasteiger partial charge in [-0.1, -0.05) is 0 Å². The van der Waals surface area contributed by atoms with Crippen LogP contribution in [-0.2, 0) is 77.0 Å². The van der Waals surface area contributed by atoms with Crippen LogP contribution in [0.15, 0.2) is 0 Å². The maximum absolute atomic E-state index is 9.78. The molecule has 0 fully saturated rings. The fourth-order valence-corrected chi connectivity index (χ4v) is 0.730. The molecule has 0 atom stereocenters. The Bertz CT molecular complexity index is 1060. The first-order valence-electron chi connectivity index (χ1n) is 6.26. The summed E-state index contributed by atoms with van der Waals surface area (Å²) in [4.78, 5) is 0. The van der Waals surface area contributed by atoms with E-state index in [1.807, 2.05) is 0 Å². The topological polar surface area (TPSA) is 511 Å². The van der Waals surface area contributed by atoms with E-state index in [-0.39, 0.29) is 51.4 Å². The fraction of sp³-hybridized carbons (Fsp3) is 1.00. The molecule has 36 heteroatoms. The standard InChI is InChI=1S/C3H8O4S.K.6H2O4S.H/c1-3(2)7-8(4,5)6;;6*1-5(2,3)4;/h3H,1-2H3,(H,4,5,6);;6*(H2,1,2,3,4);. The van der Waals surface area contributed by atoms with Crippen molar-refractivity contribution in [3.8, 4) is 0 Å². The van der Waals surface area contributed by atoms with Gasteiger partial charge in [0.1, 0.15) is 0 Å². The van der Waals surface area contributed by atoms with E-state index in [4.69, 9.17) is 110 Å². The Kier molecular flexibility index (Phi) is 38.3. The monoisotopic (exact) mass is 768 g/mol. The molecule has 0 aromatic rings. The van der Waals surface area contributed by atoms with E-state index < -0.39 is 78.9 Å². The normalized spacial score (nSPS) is 11.5. The van der Waals surface area contributed by atoms with Crippen LogP contribution in [-0.4, -0.2) is 176 Å². The second-order valence-corrected chi connectivity index (χ2v) is 10.7. The van der Waals surface area contributed by atoms with Gasteiger partial charge in [-0.25, -0.2) is 4.18 Å². The molecule has 244 valence electrons. The van der Waals surface area contributed by atoms with Gasteiger partial charge in [0.05, 0.1) is 6.10 Å².